The highest BCUT2D eigenvalue weighted by molar-refractivity contribution is 6.35. The summed E-state index contributed by atoms with van der Waals surface area (Å²) in [4.78, 5) is 0. The van der Waals surface area contributed by atoms with Gasteiger partial charge in [-0.05, 0) is 18.2 Å². The maximum absolute atomic E-state index is 11.9. The van der Waals surface area contributed by atoms with Crippen molar-refractivity contribution in [3.8, 4) is 0 Å². The van der Waals surface area contributed by atoms with Crippen LogP contribution in [-0.2, 0) is 11.5 Å². The predicted octanol–water partition coefficient (Wildman–Crippen LogP) is 3.83. The molecule has 0 atom stereocenters. The Labute approximate surface area is 101 Å². The minimum absolute atomic E-state index is 0.149. The lowest BCUT2D eigenvalue weighted by atomic mass is 10.2. The zero-order valence-electron chi connectivity index (χ0n) is 8.67. The summed E-state index contributed by atoms with van der Waals surface area (Å²) in [5.74, 6) is 0. The number of alkyl halides is 3. The topological polar surface area (TPSA) is 14.2 Å². The Morgan fingerprint density at radius 1 is 1.24 bits per heavy atom. The van der Waals surface area contributed by atoms with Gasteiger partial charge in [0, 0.05) is 16.6 Å². The normalized spacial score (nSPS) is 12.2. The second kappa shape index (κ2) is 4.58. The van der Waals surface area contributed by atoms with E-state index >= 15 is 0 Å². The summed E-state index contributed by atoms with van der Waals surface area (Å²) in [6, 6.07) is 6.99. The SMILES string of the molecule is FC(F)(F)COCn1ccc2c(Cl)cccc21. The van der Waals surface area contributed by atoms with Gasteiger partial charge >= 0.3 is 6.18 Å². The number of hydrogen-bond acceptors (Lipinski definition) is 1. The van der Waals surface area contributed by atoms with E-state index in [1.165, 1.54) is 0 Å². The predicted molar refractivity (Wildman–Crippen MR) is 59.0 cm³/mol. The minimum atomic E-state index is -4.30. The molecule has 0 fully saturated rings. The van der Waals surface area contributed by atoms with Crippen LogP contribution in [0.3, 0.4) is 0 Å². The van der Waals surface area contributed by atoms with Gasteiger partial charge < -0.3 is 9.30 Å². The Bertz CT molecular complexity index is 521. The molecule has 0 spiro atoms. The Morgan fingerprint density at radius 3 is 2.71 bits per heavy atom. The molecule has 6 heteroatoms. The van der Waals surface area contributed by atoms with Crippen LogP contribution in [0.25, 0.3) is 10.9 Å². The lowest BCUT2D eigenvalue weighted by Crippen LogP contribution is -2.18. The van der Waals surface area contributed by atoms with Gasteiger partial charge in [-0.1, -0.05) is 17.7 Å². The fourth-order valence-corrected chi connectivity index (χ4v) is 1.79. The van der Waals surface area contributed by atoms with E-state index in [9.17, 15) is 13.2 Å². The molecule has 1 heterocycles. The standard InChI is InChI=1S/C11H9ClF3NO/c12-9-2-1-3-10-8(9)4-5-16(10)7-17-6-11(13,14)15/h1-5H,6-7H2. The van der Waals surface area contributed by atoms with Gasteiger partial charge in [0.25, 0.3) is 0 Å². The molecule has 0 saturated heterocycles. The third kappa shape index (κ3) is 2.92. The van der Waals surface area contributed by atoms with Gasteiger partial charge in [0.1, 0.15) is 13.3 Å². The van der Waals surface area contributed by atoms with Crippen LogP contribution >= 0.6 is 11.6 Å². The molecule has 2 rings (SSSR count). The maximum atomic E-state index is 11.9. The number of aromatic nitrogens is 1. The Balaban J connectivity index is 2.12. The van der Waals surface area contributed by atoms with Crippen LogP contribution in [0.5, 0.6) is 0 Å². The van der Waals surface area contributed by atoms with Crippen molar-refractivity contribution in [3.05, 3.63) is 35.5 Å². The Morgan fingerprint density at radius 2 is 2.00 bits per heavy atom. The van der Waals surface area contributed by atoms with E-state index in [1.807, 2.05) is 0 Å². The van der Waals surface area contributed by atoms with Crippen molar-refractivity contribution < 1.29 is 17.9 Å². The van der Waals surface area contributed by atoms with Gasteiger partial charge in [0.05, 0.1) is 5.52 Å². The first-order valence-corrected chi connectivity index (χ1v) is 5.23. The summed E-state index contributed by atoms with van der Waals surface area (Å²) in [6.45, 7) is -1.41. The number of benzene rings is 1. The van der Waals surface area contributed by atoms with Crippen molar-refractivity contribution in [2.24, 2.45) is 0 Å². The molecule has 0 N–H and O–H groups in total. The molecule has 0 amide bonds. The van der Waals surface area contributed by atoms with Crippen molar-refractivity contribution in [2.75, 3.05) is 6.61 Å². The zero-order valence-corrected chi connectivity index (χ0v) is 9.42. The van der Waals surface area contributed by atoms with Crippen LogP contribution in [-0.4, -0.2) is 17.4 Å². The average molecular weight is 264 g/mol. The van der Waals surface area contributed by atoms with Gasteiger partial charge in [0.15, 0.2) is 0 Å². The molecule has 0 bridgehead atoms. The van der Waals surface area contributed by atoms with Crippen molar-refractivity contribution in [1.82, 2.24) is 4.57 Å². The van der Waals surface area contributed by atoms with Gasteiger partial charge in [-0.15, -0.1) is 0 Å². The molecule has 2 nitrogen and oxygen atoms in total. The van der Waals surface area contributed by atoms with Crippen molar-refractivity contribution in [2.45, 2.75) is 12.9 Å². The summed E-state index contributed by atoms with van der Waals surface area (Å²) in [6.07, 6.45) is -2.66. The number of nitrogens with zero attached hydrogens (tertiary/aromatic N) is 1. The lowest BCUT2D eigenvalue weighted by molar-refractivity contribution is -0.181. The fraction of sp³-hybridized carbons (Fsp3) is 0.273. The summed E-state index contributed by atoms with van der Waals surface area (Å²) in [7, 11) is 0. The van der Waals surface area contributed by atoms with Crippen LogP contribution in [0.1, 0.15) is 0 Å². The molecule has 92 valence electrons. The number of rotatable bonds is 3. The molecule has 0 unspecified atom stereocenters. The van der Waals surface area contributed by atoms with Gasteiger partial charge in [0.2, 0.25) is 0 Å². The van der Waals surface area contributed by atoms with E-state index < -0.39 is 12.8 Å². The molecular weight excluding hydrogens is 255 g/mol. The molecule has 17 heavy (non-hydrogen) atoms. The van der Waals surface area contributed by atoms with E-state index in [2.05, 4.69) is 4.74 Å². The number of ether oxygens (including phenoxy) is 1. The highest BCUT2D eigenvalue weighted by atomic mass is 35.5. The Kier molecular flexibility index (Phi) is 3.31. The van der Waals surface area contributed by atoms with E-state index in [4.69, 9.17) is 11.6 Å². The first-order chi connectivity index (χ1) is 7.97. The third-order valence-electron chi connectivity index (χ3n) is 2.26. The summed E-state index contributed by atoms with van der Waals surface area (Å²) in [5.41, 5.74) is 0.750. The van der Waals surface area contributed by atoms with E-state index in [1.54, 1.807) is 35.0 Å². The van der Waals surface area contributed by atoms with Crippen LogP contribution in [0, 0.1) is 0 Å². The lowest BCUT2D eigenvalue weighted by Gasteiger charge is -2.09. The van der Waals surface area contributed by atoms with Gasteiger partial charge in [-0.3, -0.25) is 0 Å². The van der Waals surface area contributed by atoms with Gasteiger partial charge in [-0.2, -0.15) is 13.2 Å². The quantitative estimate of drug-likeness (QED) is 0.821. The van der Waals surface area contributed by atoms with Crippen molar-refractivity contribution in [1.29, 1.82) is 0 Å². The van der Waals surface area contributed by atoms with Crippen molar-refractivity contribution >= 4 is 22.5 Å². The summed E-state index contributed by atoms with van der Waals surface area (Å²) >= 11 is 5.94. The summed E-state index contributed by atoms with van der Waals surface area (Å²) < 4.78 is 41.9. The number of hydrogen-bond donors (Lipinski definition) is 0. The monoisotopic (exact) mass is 263 g/mol. The molecular formula is C11H9ClF3NO. The van der Waals surface area contributed by atoms with Crippen molar-refractivity contribution in [3.63, 3.8) is 0 Å². The Hall–Kier alpha value is -1.20. The number of fused-ring (bicyclic) bond motifs is 1. The fourth-order valence-electron chi connectivity index (χ4n) is 1.56. The molecule has 0 radical (unpaired) electrons. The molecule has 0 aliphatic carbocycles. The highest BCUT2D eigenvalue weighted by Crippen LogP contribution is 2.24. The zero-order chi connectivity index (χ0) is 12.5. The second-order valence-electron chi connectivity index (χ2n) is 3.55. The van der Waals surface area contributed by atoms with Crippen LogP contribution in [0.2, 0.25) is 5.02 Å². The van der Waals surface area contributed by atoms with Crippen LogP contribution in [0.15, 0.2) is 30.5 Å². The maximum Gasteiger partial charge on any atom is 0.411 e. The third-order valence-corrected chi connectivity index (χ3v) is 2.59. The minimum Gasteiger partial charge on any atom is -0.351 e. The molecule has 2 aromatic rings. The molecule has 0 saturated carbocycles. The second-order valence-corrected chi connectivity index (χ2v) is 3.96. The first-order valence-electron chi connectivity index (χ1n) is 4.85. The number of halogens is 4. The van der Waals surface area contributed by atoms with E-state index in [-0.39, 0.29) is 6.73 Å². The summed E-state index contributed by atoms with van der Waals surface area (Å²) in [5, 5.41) is 1.36. The molecule has 0 aliphatic rings. The van der Waals surface area contributed by atoms with Gasteiger partial charge in [-0.25, -0.2) is 0 Å². The van der Waals surface area contributed by atoms with Crippen LogP contribution < -0.4 is 0 Å². The van der Waals surface area contributed by atoms with Crippen LogP contribution in [0.4, 0.5) is 13.2 Å². The molecule has 1 aromatic carbocycles. The molecule has 0 aliphatic heterocycles. The van der Waals surface area contributed by atoms with E-state index in [0.717, 1.165) is 10.9 Å². The first kappa shape index (κ1) is 12.3. The molecule has 1 aromatic heterocycles. The largest absolute Gasteiger partial charge is 0.411 e. The smallest absolute Gasteiger partial charge is 0.351 e. The highest BCUT2D eigenvalue weighted by Gasteiger charge is 2.27. The van der Waals surface area contributed by atoms with E-state index in [0.29, 0.717) is 5.02 Å². The average Bonchev–Trinajstić information content (AvgIpc) is 2.61.